The number of esters is 1. The molecular formula is C22H19NO6. The predicted molar refractivity (Wildman–Crippen MR) is 104 cm³/mol. The van der Waals surface area contributed by atoms with Crippen LogP contribution in [0.2, 0.25) is 0 Å². The molecule has 148 valence electrons. The molecule has 3 aromatic rings. The fourth-order valence-electron chi connectivity index (χ4n) is 3.42. The minimum absolute atomic E-state index is 0.0616. The molecule has 2 aromatic carbocycles. The highest BCUT2D eigenvalue weighted by Gasteiger charge is 2.34. The molecule has 0 spiro atoms. The Kier molecular flexibility index (Phi) is 4.80. The molecule has 0 saturated carbocycles. The number of ether oxygens (including phenoxy) is 2. The van der Waals surface area contributed by atoms with E-state index in [4.69, 9.17) is 13.9 Å². The normalized spacial score (nSPS) is 13.1. The third-order valence-corrected chi connectivity index (χ3v) is 4.97. The number of furan rings is 1. The Morgan fingerprint density at radius 1 is 1.07 bits per heavy atom. The molecule has 0 radical (unpaired) electrons. The van der Waals surface area contributed by atoms with Crippen molar-refractivity contribution in [2.75, 3.05) is 20.3 Å². The van der Waals surface area contributed by atoms with E-state index in [2.05, 4.69) is 0 Å². The van der Waals surface area contributed by atoms with E-state index in [9.17, 15) is 14.4 Å². The van der Waals surface area contributed by atoms with Crippen molar-refractivity contribution in [3.63, 3.8) is 0 Å². The number of fused-ring (bicyclic) bond motifs is 2. The minimum atomic E-state index is -0.583. The summed E-state index contributed by atoms with van der Waals surface area (Å²) in [4.78, 5) is 38.2. The van der Waals surface area contributed by atoms with Crippen molar-refractivity contribution in [1.29, 1.82) is 0 Å². The molecule has 0 fully saturated rings. The summed E-state index contributed by atoms with van der Waals surface area (Å²) in [7, 11) is 1.57. The van der Waals surface area contributed by atoms with Gasteiger partial charge in [-0.3, -0.25) is 14.5 Å². The summed E-state index contributed by atoms with van der Waals surface area (Å²) < 4.78 is 16.1. The van der Waals surface area contributed by atoms with Crippen LogP contribution in [-0.4, -0.2) is 42.9 Å². The summed E-state index contributed by atoms with van der Waals surface area (Å²) in [5.74, 6) is -0.422. The van der Waals surface area contributed by atoms with Gasteiger partial charge in [0.2, 0.25) is 5.76 Å². The largest absolute Gasteiger partial charge is 0.497 e. The number of aryl methyl sites for hydroxylation is 1. The Labute approximate surface area is 166 Å². The molecule has 0 atom stereocenters. The lowest BCUT2D eigenvalue weighted by Gasteiger charge is -2.13. The molecule has 4 rings (SSSR count). The van der Waals surface area contributed by atoms with Crippen LogP contribution in [0.4, 0.5) is 0 Å². The molecular weight excluding hydrogens is 374 g/mol. The number of nitrogens with zero attached hydrogens (tertiary/aromatic N) is 1. The van der Waals surface area contributed by atoms with Gasteiger partial charge in [0.15, 0.2) is 0 Å². The number of rotatable bonds is 6. The quantitative estimate of drug-likeness (QED) is 0.361. The van der Waals surface area contributed by atoms with Crippen molar-refractivity contribution >= 4 is 28.8 Å². The lowest BCUT2D eigenvalue weighted by Crippen LogP contribution is -2.31. The predicted octanol–water partition coefficient (Wildman–Crippen LogP) is 3.59. The molecule has 0 N–H and O–H groups in total. The number of benzene rings is 2. The highest BCUT2D eigenvalue weighted by molar-refractivity contribution is 6.21. The number of methoxy groups -OCH3 is 1. The van der Waals surface area contributed by atoms with Gasteiger partial charge in [-0.1, -0.05) is 12.1 Å². The third-order valence-electron chi connectivity index (χ3n) is 4.97. The molecule has 0 aliphatic carbocycles. The van der Waals surface area contributed by atoms with Crippen LogP contribution in [0.5, 0.6) is 5.75 Å². The Morgan fingerprint density at radius 3 is 2.41 bits per heavy atom. The van der Waals surface area contributed by atoms with Gasteiger partial charge in [0.1, 0.15) is 11.3 Å². The van der Waals surface area contributed by atoms with Gasteiger partial charge >= 0.3 is 5.97 Å². The van der Waals surface area contributed by atoms with Crippen molar-refractivity contribution in [3.05, 3.63) is 64.9 Å². The molecule has 1 aliphatic heterocycles. The summed E-state index contributed by atoms with van der Waals surface area (Å²) in [5.41, 5.74) is 2.05. The van der Waals surface area contributed by atoms with Gasteiger partial charge in [0.25, 0.3) is 11.8 Å². The van der Waals surface area contributed by atoms with Gasteiger partial charge in [0.05, 0.1) is 24.8 Å². The maximum Gasteiger partial charge on any atom is 0.374 e. The van der Waals surface area contributed by atoms with Crippen LogP contribution in [-0.2, 0) is 4.74 Å². The van der Waals surface area contributed by atoms with Crippen LogP contribution in [0.15, 0.2) is 46.9 Å². The average molecular weight is 393 g/mol. The zero-order valence-electron chi connectivity index (χ0n) is 16.1. The van der Waals surface area contributed by atoms with E-state index in [1.807, 2.05) is 0 Å². The van der Waals surface area contributed by atoms with Crippen LogP contribution in [0.25, 0.3) is 11.0 Å². The van der Waals surface area contributed by atoms with E-state index in [1.165, 1.54) is 4.90 Å². The molecule has 2 heterocycles. The lowest BCUT2D eigenvalue weighted by molar-refractivity contribution is 0.0450. The highest BCUT2D eigenvalue weighted by atomic mass is 16.5. The van der Waals surface area contributed by atoms with Crippen molar-refractivity contribution < 1.29 is 28.3 Å². The first-order valence-electron chi connectivity index (χ1n) is 9.20. The van der Waals surface area contributed by atoms with Crippen molar-refractivity contribution in [3.8, 4) is 5.75 Å². The Hall–Kier alpha value is -3.61. The van der Waals surface area contributed by atoms with E-state index in [0.717, 1.165) is 5.39 Å². The summed E-state index contributed by atoms with van der Waals surface area (Å²) in [6.07, 6.45) is 0.338. The van der Waals surface area contributed by atoms with Crippen LogP contribution in [0, 0.1) is 6.92 Å². The number of imide groups is 1. The number of hydrogen-bond donors (Lipinski definition) is 0. The first-order valence-corrected chi connectivity index (χ1v) is 9.20. The molecule has 2 amide bonds. The third kappa shape index (κ3) is 3.24. The van der Waals surface area contributed by atoms with Crippen LogP contribution < -0.4 is 4.74 Å². The van der Waals surface area contributed by atoms with Gasteiger partial charge < -0.3 is 13.9 Å². The number of carbonyl (C=O) groups excluding carboxylic acids is 3. The van der Waals surface area contributed by atoms with Crippen molar-refractivity contribution in [2.24, 2.45) is 0 Å². The highest BCUT2D eigenvalue weighted by Crippen LogP contribution is 2.29. The van der Waals surface area contributed by atoms with Gasteiger partial charge in [-0.15, -0.1) is 0 Å². The SMILES string of the molecule is COc1ccc2oc(C(=O)OCCCN3C(=O)c4ccccc4C3=O)c(C)c2c1. The Balaban J connectivity index is 1.36. The lowest BCUT2D eigenvalue weighted by atomic mass is 10.1. The van der Waals surface area contributed by atoms with Gasteiger partial charge in [-0.05, 0) is 43.7 Å². The first-order chi connectivity index (χ1) is 14.0. The van der Waals surface area contributed by atoms with E-state index >= 15 is 0 Å². The standard InChI is InChI=1S/C22H19NO6/c1-13-17-12-14(27-2)8-9-18(17)29-19(13)22(26)28-11-5-10-23-20(24)15-6-3-4-7-16(15)21(23)25/h3-4,6-9,12H,5,10-11H2,1-2H3. The zero-order valence-corrected chi connectivity index (χ0v) is 16.1. The van der Waals surface area contributed by atoms with Gasteiger partial charge in [-0.25, -0.2) is 4.79 Å². The molecule has 7 heteroatoms. The summed E-state index contributed by atoms with van der Waals surface area (Å²) in [6.45, 7) is 2.02. The number of amides is 2. The fourth-order valence-corrected chi connectivity index (χ4v) is 3.42. The summed E-state index contributed by atoms with van der Waals surface area (Å²) >= 11 is 0. The number of carbonyl (C=O) groups is 3. The maximum atomic E-state index is 12.4. The van der Waals surface area contributed by atoms with Gasteiger partial charge in [0, 0.05) is 17.5 Å². The van der Waals surface area contributed by atoms with Gasteiger partial charge in [-0.2, -0.15) is 0 Å². The van der Waals surface area contributed by atoms with E-state index in [-0.39, 0.29) is 30.7 Å². The smallest absolute Gasteiger partial charge is 0.374 e. The fraction of sp³-hybridized carbons (Fsp3) is 0.227. The van der Waals surface area contributed by atoms with Crippen LogP contribution in [0.3, 0.4) is 0 Å². The molecule has 7 nitrogen and oxygen atoms in total. The molecule has 29 heavy (non-hydrogen) atoms. The van der Waals surface area contributed by atoms with Crippen molar-refractivity contribution in [2.45, 2.75) is 13.3 Å². The minimum Gasteiger partial charge on any atom is -0.497 e. The molecule has 1 aliphatic rings. The number of hydrogen-bond acceptors (Lipinski definition) is 6. The monoisotopic (exact) mass is 393 g/mol. The van der Waals surface area contributed by atoms with Crippen LogP contribution >= 0.6 is 0 Å². The first kappa shape index (κ1) is 18.7. The molecule has 0 unspecified atom stereocenters. The summed E-state index contributed by atoms with van der Waals surface area (Å²) in [5, 5.41) is 0.780. The molecule has 0 bridgehead atoms. The van der Waals surface area contributed by atoms with E-state index in [0.29, 0.717) is 34.4 Å². The topological polar surface area (TPSA) is 86.1 Å². The maximum absolute atomic E-state index is 12.4. The van der Waals surface area contributed by atoms with E-state index < -0.39 is 5.97 Å². The van der Waals surface area contributed by atoms with Crippen LogP contribution in [0.1, 0.15) is 43.3 Å². The Morgan fingerprint density at radius 2 is 1.76 bits per heavy atom. The average Bonchev–Trinajstić information content (AvgIpc) is 3.20. The summed E-state index contributed by atoms with van der Waals surface area (Å²) in [6, 6.07) is 12.0. The zero-order chi connectivity index (χ0) is 20.5. The van der Waals surface area contributed by atoms with Crippen molar-refractivity contribution in [1.82, 2.24) is 4.90 Å². The second-order valence-electron chi connectivity index (χ2n) is 6.72. The second-order valence-corrected chi connectivity index (χ2v) is 6.72. The van der Waals surface area contributed by atoms with E-state index in [1.54, 1.807) is 56.5 Å². The molecule has 0 saturated heterocycles. The Bertz CT molecular complexity index is 1090. The second kappa shape index (κ2) is 7.43. The molecule has 1 aromatic heterocycles.